The zero-order chi connectivity index (χ0) is 11.3. The third-order valence-corrected chi connectivity index (χ3v) is 3.22. The standard InChI is InChI=1S/C8H16N4O2S/c1-2-12-7-8(6-10-12)11-15(13,14)5-3-4-9/h6-7,11H,2-5,9H2,1H3. The van der Waals surface area contributed by atoms with Crippen molar-refractivity contribution in [2.24, 2.45) is 5.73 Å². The maximum atomic E-state index is 11.5. The molecule has 15 heavy (non-hydrogen) atoms. The monoisotopic (exact) mass is 232 g/mol. The number of aromatic nitrogens is 2. The first-order chi connectivity index (χ1) is 7.07. The molecule has 3 N–H and O–H groups in total. The van der Waals surface area contributed by atoms with Crippen molar-refractivity contribution in [1.29, 1.82) is 0 Å². The van der Waals surface area contributed by atoms with E-state index >= 15 is 0 Å². The zero-order valence-corrected chi connectivity index (χ0v) is 9.50. The molecule has 1 aromatic rings. The topological polar surface area (TPSA) is 90.0 Å². The summed E-state index contributed by atoms with van der Waals surface area (Å²) in [5, 5.41) is 3.96. The highest BCUT2D eigenvalue weighted by atomic mass is 32.2. The molecule has 0 amide bonds. The molecule has 1 aromatic heterocycles. The van der Waals surface area contributed by atoms with Crippen molar-refractivity contribution >= 4 is 15.7 Å². The van der Waals surface area contributed by atoms with Gasteiger partial charge in [0.05, 0.1) is 17.6 Å². The molecule has 0 radical (unpaired) electrons. The molecule has 0 aliphatic rings. The number of nitrogens with zero attached hydrogens (tertiary/aromatic N) is 2. The fourth-order valence-electron chi connectivity index (χ4n) is 1.09. The van der Waals surface area contributed by atoms with E-state index < -0.39 is 10.0 Å². The minimum atomic E-state index is -3.28. The first-order valence-corrected chi connectivity index (χ1v) is 6.45. The van der Waals surface area contributed by atoms with E-state index in [9.17, 15) is 8.42 Å². The Labute approximate surface area is 89.5 Å². The third-order valence-electron chi connectivity index (χ3n) is 1.85. The summed E-state index contributed by atoms with van der Waals surface area (Å²) in [5.41, 5.74) is 5.74. The average molecular weight is 232 g/mol. The quantitative estimate of drug-likeness (QED) is 0.722. The van der Waals surface area contributed by atoms with Gasteiger partial charge in [-0.3, -0.25) is 9.40 Å². The Kier molecular flexibility index (Phi) is 4.10. The van der Waals surface area contributed by atoms with Crippen LogP contribution in [0.2, 0.25) is 0 Å². The molecule has 1 heterocycles. The van der Waals surface area contributed by atoms with E-state index in [1.165, 1.54) is 6.20 Å². The second-order valence-corrected chi connectivity index (χ2v) is 4.99. The molecule has 1 rings (SSSR count). The summed E-state index contributed by atoms with van der Waals surface area (Å²) in [6.45, 7) is 3.01. The van der Waals surface area contributed by atoms with Crippen LogP contribution < -0.4 is 10.5 Å². The highest BCUT2D eigenvalue weighted by molar-refractivity contribution is 7.92. The number of sulfonamides is 1. The van der Waals surface area contributed by atoms with E-state index in [-0.39, 0.29) is 5.75 Å². The second kappa shape index (κ2) is 5.13. The van der Waals surface area contributed by atoms with Crippen LogP contribution in [0.15, 0.2) is 12.4 Å². The van der Waals surface area contributed by atoms with Crippen molar-refractivity contribution in [2.45, 2.75) is 19.9 Å². The van der Waals surface area contributed by atoms with E-state index in [1.54, 1.807) is 10.9 Å². The molecule has 0 bridgehead atoms. The smallest absolute Gasteiger partial charge is 0.232 e. The maximum Gasteiger partial charge on any atom is 0.232 e. The van der Waals surface area contributed by atoms with E-state index in [0.717, 1.165) is 0 Å². The lowest BCUT2D eigenvalue weighted by Crippen LogP contribution is -2.18. The summed E-state index contributed by atoms with van der Waals surface area (Å²) in [5.74, 6) is 0.0425. The lowest BCUT2D eigenvalue weighted by Gasteiger charge is -2.03. The van der Waals surface area contributed by atoms with Gasteiger partial charge in [0.1, 0.15) is 0 Å². The van der Waals surface area contributed by atoms with Gasteiger partial charge in [0.2, 0.25) is 10.0 Å². The van der Waals surface area contributed by atoms with Gasteiger partial charge in [-0.2, -0.15) is 5.10 Å². The number of rotatable bonds is 6. The molecular weight excluding hydrogens is 216 g/mol. The fraction of sp³-hybridized carbons (Fsp3) is 0.625. The average Bonchev–Trinajstić information content (AvgIpc) is 2.62. The lowest BCUT2D eigenvalue weighted by molar-refractivity contribution is 0.598. The summed E-state index contributed by atoms with van der Waals surface area (Å²) >= 11 is 0. The Morgan fingerprint density at radius 2 is 2.33 bits per heavy atom. The SMILES string of the molecule is CCn1cc(NS(=O)(=O)CCCN)cn1. The van der Waals surface area contributed by atoms with Gasteiger partial charge in [-0.25, -0.2) is 8.42 Å². The molecule has 6 nitrogen and oxygen atoms in total. The predicted octanol–water partition coefficient (Wildman–Crippen LogP) is -0.00650. The van der Waals surface area contributed by atoms with Crippen LogP contribution in [-0.2, 0) is 16.6 Å². The number of anilines is 1. The highest BCUT2D eigenvalue weighted by Gasteiger charge is 2.10. The molecule has 86 valence electrons. The maximum absolute atomic E-state index is 11.5. The normalized spacial score (nSPS) is 11.6. The summed E-state index contributed by atoms with van der Waals surface area (Å²) in [7, 11) is -3.28. The molecule has 0 aliphatic carbocycles. The highest BCUT2D eigenvalue weighted by Crippen LogP contribution is 2.07. The van der Waals surface area contributed by atoms with E-state index in [2.05, 4.69) is 9.82 Å². The lowest BCUT2D eigenvalue weighted by atomic mass is 10.5. The summed E-state index contributed by atoms with van der Waals surface area (Å²) in [6.07, 6.45) is 3.60. The molecule has 0 aromatic carbocycles. The Bertz CT molecular complexity index is 399. The van der Waals surface area contributed by atoms with Crippen LogP contribution in [0, 0.1) is 0 Å². The molecule has 0 saturated carbocycles. The van der Waals surface area contributed by atoms with Crippen molar-refractivity contribution < 1.29 is 8.42 Å². The number of hydrogen-bond acceptors (Lipinski definition) is 4. The van der Waals surface area contributed by atoms with Crippen molar-refractivity contribution in [3.63, 3.8) is 0 Å². The van der Waals surface area contributed by atoms with Gasteiger partial charge in [0.25, 0.3) is 0 Å². The van der Waals surface area contributed by atoms with Crippen LogP contribution in [0.5, 0.6) is 0 Å². The largest absolute Gasteiger partial charge is 0.330 e. The first-order valence-electron chi connectivity index (χ1n) is 4.80. The van der Waals surface area contributed by atoms with Crippen LogP contribution in [-0.4, -0.2) is 30.5 Å². The second-order valence-electron chi connectivity index (χ2n) is 3.15. The minimum absolute atomic E-state index is 0.0425. The van der Waals surface area contributed by atoms with Gasteiger partial charge in [0, 0.05) is 12.7 Å². The van der Waals surface area contributed by atoms with Crippen molar-refractivity contribution in [1.82, 2.24) is 9.78 Å². The van der Waals surface area contributed by atoms with E-state index in [0.29, 0.717) is 25.2 Å². The molecule has 0 aliphatic heterocycles. The van der Waals surface area contributed by atoms with Gasteiger partial charge < -0.3 is 5.73 Å². The number of nitrogens with one attached hydrogen (secondary N) is 1. The van der Waals surface area contributed by atoms with Crippen LogP contribution >= 0.6 is 0 Å². The molecule has 0 saturated heterocycles. The zero-order valence-electron chi connectivity index (χ0n) is 8.68. The van der Waals surface area contributed by atoms with Crippen molar-refractivity contribution in [3.8, 4) is 0 Å². The van der Waals surface area contributed by atoms with Gasteiger partial charge in [-0.15, -0.1) is 0 Å². The number of aryl methyl sites for hydroxylation is 1. The predicted molar refractivity (Wildman–Crippen MR) is 59.0 cm³/mol. The molecule has 0 atom stereocenters. The van der Waals surface area contributed by atoms with Gasteiger partial charge >= 0.3 is 0 Å². The Morgan fingerprint density at radius 3 is 2.87 bits per heavy atom. The summed E-state index contributed by atoms with van der Waals surface area (Å²) in [4.78, 5) is 0. The fourth-order valence-corrected chi connectivity index (χ4v) is 2.21. The van der Waals surface area contributed by atoms with Crippen LogP contribution in [0.4, 0.5) is 5.69 Å². The molecule has 0 spiro atoms. The van der Waals surface area contributed by atoms with Crippen LogP contribution in [0.3, 0.4) is 0 Å². The summed E-state index contributed by atoms with van der Waals surface area (Å²) < 4.78 is 27.0. The number of hydrogen-bond donors (Lipinski definition) is 2. The van der Waals surface area contributed by atoms with Gasteiger partial charge in [0.15, 0.2) is 0 Å². The Morgan fingerprint density at radius 1 is 1.60 bits per heavy atom. The Hall–Kier alpha value is -1.08. The van der Waals surface area contributed by atoms with Crippen LogP contribution in [0.1, 0.15) is 13.3 Å². The van der Waals surface area contributed by atoms with E-state index in [1.807, 2.05) is 6.92 Å². The van der Waals surface area contributed by atoms with Crippen molar-refractivity contribution in [3.05, 3.63) is 12.4 Å². The number of nitrogens with two attached hydrogens (primary N) is 1. The third kappa shape index (κ3) is 3.88. The molecule has 0 fully saturated rings. The van der Waals surface area contributed by atoms with Gasteiger partial charge in [-0.1, -0.05) is 0 Å². The molecular formula is C8H16N4O2S. The summed E-state index contributed by atoms with van der Waals surface area (Å²) in [6, 6.07) is 0. The van der Waals surface area contributed by atoms with Gasteiger partial charge in [-0.05, 0) is 19.9 Å². The van der Waals surface area contributed by atoms with Crippen LogP contribution in [0.25, 0.3) is 0 Å². The molecule has 7 heteroatoms. The van der Waals surface area contributed by atoms with E-state index in [4.69, 9.17) is 5.73 Å². The first kappa shape index (κ1) is 12.0. The molecule has 0 unspecified atom stereocenters. The minimum Gasteiger partial charge on any atom is -0.330 e. The van der Waals surface area contributed by atoms with Crippen molar-refractivity contribution in [2.75, 3.05) is 17.0 Å². The Balaban J connectivity index is 2.60.